The molecule has 0 radical (unpaired) electrons. The van der Waals surface area contributed by atoms with Gasteiger partial charge in [0.15, 0.2) is 5.69 Å². The van der Waals surface area contributed by atoms with Gasteiger partial charge in [-0.25, -0.2) is 18.7 Å². The lowest BCUT2D eigenvalue weighted by atomic mass is 10.0. The number of alkyl halides is 3. The van der Waals surface area contributed by atoms with Crippen LogP contribution in [0.2, 0.25) is 0 Å². The summed E-state index contributed by atoms with van der Waals surface area (Å²) < 4.78 is 63.9. The van der Waals surface area contributed by atoms with Gasteiger partial charge in [-0.15, -0.1) is 0 Å². The third-order valence-corrected chi connectivity index (χ3v) is 4.15. The minimum atomic E-state index is -4.84. The van der Waals surface area contributed by atoms with E-state index in [2.05, 4.69) is 5.10 Å². The van der Waals surface area contributed by atoms with Crippen molar-refractivity contribution in [2.24, 2.45) is 0 Å². The summed E-state index contributed by atoms with van der Waals surface area (Å²) in [5.41, 5.74) is -2.50. The van der Waals surface area contributed by atoms with Crippen molar-refractivity contribution in [3.8, 4) is 16.9 Å². The maximum atomic E-state index is 14.0. The summed E-state index contributed by atoms with van der Waals surface area (Å²) in [4.78, 5) is 24.9. The maximum absolute atomic E-state index is 14.0. The molecule has 0 N–H and O–H groups in total. The van der Waals surface area contributed by atoms with E-state index in [4.69, 9.17) is 9.47 Å². The van der Waals surface area contributed by atoms with Crippen LogP contribution in [0, 0.1) is 5.82 Å². The van der Waals surface area contributed by atoms with Gasteiger partial charge in [-0.2, -0.15) is 18.3 Å². The Morgan fingerprint density at radius 1 is 0.967 bits per heavy atom. The molecule has 30 heavy (non-hydrogen) atoms. The maximum Gasteiger partial charge on any atom is 0.416 e. The van der Waals surface area contributed by atoms with Gasteiger partial charge in [0, 0.05) is 5.56 Å². The Morgan fingerprint density at radius 2 is 1.60 bits per heavy atom. The molecule has 0 aliphatic carbocycles. The van der Waals surface area contributed by atoms with E-state index >= 15 is 0 Å². The predicted octanol–water partition coefficient (Wildman–Crippen LogP) is 4.27. The van der Waals surface area contributed by atoms with Crippen LogP contribution in [0.15, 0.2) is 48.5 Å². The zero-order valence-electron chi connectivity index (χ0n) is 15.7. The molecule has 2 aromatic carbocycles. The second-order valence-corrected chi connectivity index (χ2v) is 6.03. The predicted molar refractivity (Wildman–Crippen MR) is 96.6 cm³/mol. The van der Waals surface area contributed by atoms with Gasteiger partial charge >= 0.3 is 18.1 Å². The third-order valence-electron chi connectivity index (χ3n) is 4.15. The van der Waals surface area contributed by atoms with Crippen LogP contribution in [-0.2, 0) is 15.7 Å². The highest BCUT2D eigenvalue weighted by molar-refractivity contribution is 6.06. The summed E-state index contributed by atoms with van der Waals surface area (Å²) >= 11 is 0. The molecule has 1 heterocycles. The molecule has 0 bridgehead atoms. The highest BCUT2D eigenvalue weighted by Crippen LogP contribution is 2.35. The molecule has 0 spiro atoms. The number of methoxy groups -OCH3 is 2. The smallest absolute Gasteiger partial charge is 0.416 e. The van der Waals surface area contributed by atoms with Crippen molar-refractivity contribution in [1.82, 2.24) is 9.78 Å². The fourth-order valence-electron chi connectivity index (χ4n) is 2.85. The molecule has 0 saturated heterocycles. The molecule has 10 heteroatoms. The van der Waals surface area contributed by atoms with Crippen LogP contribution < -0.4 is 0 Å². The molecule has 0 unspecified atom stereocenters. The number of para-hydroxylation sites is 1. The first kappa shape index (κ1) is 21.0. The number of hydrogen-bond donors (Lipinski definition) is 0. The third kappa shape index (κ3) is 3.88. The lowest BCUT2D eigenvalue weighted by molar-refractivity contribution is -0.137. The van der Waals surface area contributed by atoms with Gasteiger partial charge in [-0.05, 0) is 30.3 Å². The first-order valence-electron chi connectivity index (χ1n) is 8.40. The number of hydrogen-bond acceptors (Lipinski definition) is 5. The fraction of sp³-hybridized carbons (Fsp3) is 0.150. The van der Waals surface area contributed by atoms with Crippen LogP contribution in [0.4, 0.5) is 17.6 Å². The van der Waals surface area contributed by atoms with Gasteiger partial charge in [0.1, 0.15) is 17.1 Å². The molecule has 0 atom stereocenters. The van der Waals surface area contributed by atoms with E-state index in [0.29, 0.717) is 17.8 Å². The van der Waals surface area contributed by atoms with E-state index in [1.54, 1.807) is 30.3 Å². The molecule has 0 aliphatic heterocycles. The number of benzene rings is 2. The van der Waals surface area contributed by atoms with E-state index in [1.807, 2.05) is 0 Å². The SMILES string of the molecule is COC(=O)c1c(-c2cc(F)cc(C(F)(F)F)c2)nn(-c2ccccc2)c1C(=O)OC. The lowest BCUT2D eigenvalue weighted by Gasteiger charge is -2.09. The number of halogens is 4. The average Bonchev–Trinajstić information content (AvgIpc) is 3.13. The Kier molecular flexibility index (Phi) is 5.59. The van der Waals surface area contributed by atoms with Crippen molar-refractivity contribution in [1.29, 1.82) is 0 Å². The van der Waals surface area contributed by atoms with Gasteiger partial charge in [0.2, 0.25) is 0 Å². The largest absolute Gasteiger partial charge is 0.465 e. The zero-order valence-corrected chi connectivity index (χ0v) is 15.7. The topological polar surface area (TPSA) is 70.4 Å². The Bertz CT molecular complexity index is 1110. The molecule has 0 saturated carbocycles. The van der Waals surface area contributed by atoms with E-state index < -0.39 is 35.1 Å². The molecular weight excluding hydrogens is 408 g/mol. The van der Waals surface area contributed by atoms with E-state index in [9.17, 15) is 27.2 Å². The van der Waals surface area contributed by atoms with Crippen molar-refractivity contribution in [3.05, 3.63) is 71.2 Å². The van der Waals surface area contributed by atoms with Crippen LogP contribution >= 0.6 is 0 Å². The molecule has 0 aliphatic rings. The minimum Gasteiger partial charge on any atom is -0.465 e. The van der Waals surface area contributed by atoms with Gasteiger partial charge < -0.3 is 9.47 Å². The van der Waals surface area contributed by atoms with Crippen molar-refractivity contribution in [2.75, 3.05) is 14.2 Å². The minimum absolute atomic E-state index is 0.316. The fourth-order valence-corrected chi connectivity index (χ4v) is 2.85. The Morgan fingerprint density at radius 3 is 2.17 bits per heavy atom. The van der Waals surface area contributed by atoms with Gasteiger partial charge in [0.05, 0.1) is 25.5 Å². The summed E-state index contributed by atoms with van der Waals surface area (Å²) in [6.45, 7) is 0. The standard InChI is InChI=1S/C20H14F4N2O4/c1-29-18(27)15-16(11-8-12(20(22,23)24)10-13(21)9-11)25-26(17(15)19(28)30-2)14-6-4-3-5-7-14/h3-10H,1-2H3. The molecule has 0 fully saturated rings. The molecule has 1 aromatic heterocycles. The quantitative estimate of drug-likeness (QED) is 0.464. The van der Waals surface area contributed by atoms with Crippen LogP contribution in [0.5, 0.6) is 0 Å². The molecule has 3 rings (SSSR count). The Labute approximate surface area is 167 Å². The summed E-state index contributed by atoms with van der Waals surface area (Å²) in [7, 11) is 2.09. The van der Waals surface area contributed by atoms with Crippen LogP contribution in [0.1, 0.15) is 26.4 Å². The lowest BCUT2D eigenvalue weighted by Crippen LogP contribution is -2.15. The first-order chi connectivity index (χ1) is 14.2. The summed E-state index contributed by atoms with van der Waals surface area (Å²) in [5.74, 6) is -3.22. The molecule has 0 amide bonds. The summed E-state index contributed by atoms with van der Waals surface area (Å²) in [6, 6.07) is 9.77. The second kappa shape index (κ2) is 7.97. The van der Waals surface area contributed by atoms with E-state index in [-0.39, 0.29) is 17.0 Å². The number of nitrogens with zero attached hydrogens (tertiary/aromatic N) is 2. The molecule has 156 valence electrons. The van der Waals surface area contributed by atoms with Crippen LogP contribution in [0.25, 0.3) is 16.9 Å². The number of aromatic nitrogens is 2. The summed E-state index contributed by atoms with van der Waals surface area (Å²) in [5, 5.41) is 4.13. The first-order valence-corrected chi connectivity index (χ1v) is 8.40. The van der Waals surface area contributed by atoms with Gasteiger partial charge in [-0.3, -0.25) is 0 Å². The summed E-state index contributed by atoms with van der Waals surface area (Å²) in [6.07, 6.45) is -4.84. The number of ether oxygens (including phenoxy) is 2. The number of carbonyl (C=O) groups excluding carboxylic acids is 2. The number of carbonyl (C=O) groups is 2. The van der Waals surface area contributed by atoms with Crippen LogP contribution in [-0.4, -0.2) is 35.9 Å². The number of rotatable bonds is 4. The average molecular weight is 422 g/mol. The van der Waals surface area contributed by atoms with Crippen molar-refractivity contribution in [2.45, 2.75) is 6.18 Å². The Balaban J connectivity index is 2.38. The Hall–Kier alpha value is -3.69. The molecule has 3 aromatic rings. The number of esters is 2. The van der Waals surface area contributed by atoms with Crippen molar-refractivity contribution >= 4 is 11.9 Å². The van der Waals surface area contributed by atoms with Gasteiger partial charge in [0.25, 0.3) is 0 Å². The van der Waals surface area contributed by atoms with E-state index in [1.165, 1.54) is 0 Å². The normalized spacial score (nSPS) is 11.3. The van der Waals surface area contributed by atoms with Crippen LogP contribution in [0.3, 0.4) is 0 Å². The second-order valence-electron chi connectivity index (χ2n) is 6.03. The molecule has 6 nitrogen and oxygen atoms in total. The highest BCUT2D eigenvalue weighted by atomic mass is 19.4. The van der Waals surface area contributed by atoms with Crippen molar-refractivity contribution in [3.63, 3.8) is 0 Å². The monoisotopic (exact) mass is 422 g/mol. The van der Waals surface area contributed by atoms with E-state index in [0.717, 1.165) is 25.0 Å². The van der Waals surface area contributed by atoms with Gasteiger partial charge in [-0.1, -0.05) is 18.2 Å². The molecular formula is C20H14F4N2O4. The zero-order chi connectivity index (χ0) is 22.1. The van der Waals surface area contributed by atoms with Crippen molar-refractivity contribution < 1.29 is 36.6 Å². The highest BCUT2D eigenvalue weighted by Gasteiger charge is 2.34.